The van der Waals surface area contributed by atoms with Gasteiger partial charge in [-0.1, -0.05) is 11.3 Å². The van der Waals surface area contributed by atoms with Gasteiger partial charge >= 0.3 is 0 Å². The third-order valence-electron chi connectivity index (χ3n) is 5.81. The first kappa shape index (κ1) is 24.3. The average molecular weight is 491 g/mol. The van der Waals surface area contributed by atoms with Crippen LogP contribution in [0.1, 0.15) is 19.3 Å². The minimum absolute atomic E-state index is 0.0915. The number of nitrogens with one attached hydrogen (secondary N) is 1. The van der Waals surface area contributed by atoms with Gasteiger partial charge in [-0.3, -0.25) is 4.68 Å². The van der Waals surface area contributed by atoms with E-state index in [1.54, 1.807) is 35.1 Å². The Morgan fingerprint density at radius 3 is 2.76 bits per heavy atom. The fourth-order valence-corrected chi connectivity index (χ4v) is 5.28. The van der Waals surface area contributed by atoms with Gasteiger partial charge in [0.05, 0.1) is 43.1 Å². The minimum atomic E-state index is -3.80. The lowest BCUT2D eigenvalue weighted by molar-refractivity contribution is -0.0891. The number of aliphatic hydroxyl groups is 1. The second-order valence-electron chi connectivity index (χ2n) is 8.13. The molecule has 2 heterocycles. The Balaban J connectivity index is 1.33. The highest BCUT2D eigenvalue weighted by atomic mass is 32.2. The van der Waals surface area contributed by atoms with Crippen molar-refractivity contribution in [2.45, 2.75) is 49.0 Å². The lowest BCUT2D eigenvalue weighted by Gasteiger charge is -2.36. The average Bonchev–Trinajstić information content (AvgIpc) is 3.32. The maximum Gasteiger partial charge on any atom is 0.241 e. The standard InChI is InChI=1S/C23H27FN4O5S/c1-32-19-3-2-4-20(13-19)34(30,31)26-21-10-9-18(33-23(21)15-29)11-12-28-14-22(25-27-28)16-5-7-17(24)8-6-16/h2-8,13-14,18,21,23,26,29H,9-12,15H2,1H3/t18-,21+,23-/m0/s1. The first-order chi connectivity index (χ1) is 16.4. The van der Waals surface area contributed by atoms with E-state index in [0.29, 0.717) is 37.3 Å². The predicted octanol–water partition coefficient (Wildman–Crippen LogP) is 2.37. The highest BCUT2D eigenvalue weighted by molar-refractivity contribution is 7.89. The minimum Gasteiger partial charge on any atom is -0.497 e. The summed E-state index contributed by atoms with van der Waals surface area (Å²) in [7, 11) is -2.33. The summed E-state index contributed by atoms with van der Waals surface area (Å²) in [5, 5.41) is 18.1. The number of methoxy groups -OCH3 is 1. The van der Waals surface area contributed by atoms with E-state index in [2.05, 4.69) is 15.0 Å². The molecule has 0 saturated carbocycles. The van der Waals surface area contributed by atoms with Gasteiger partial charge in [-0.05, 0) is 55.7 Å². The molecule has 3 atom stereocenters. The van der Waals surface area contributed by atoms with E-state index < -0.39 is 22.2 Å². The van der Waals surface area contributed by atoms with E-state index in [4.69, 9.17) is 9.47 Å². The molecule has 0 radical (unpaired) electrons. The molecule has 2 N–H and O–H groups in total. The molecule has 1 fully saturated rings. The number of ether oxygens (including phenoxy) is 2. The number of hydrogen-bond donors (Lipinski definition) is 2. The first-order valence-corrected chi connectivity index (χ1v) is 12.4. The Labute approximate surface area is 197 Å². The number of sulfonamides is 1. The number of nitrogens with zero attached hydrogens (tertiary/aromatic N) is 3. The van der Waals surface area contributed by atoms with Crippen molar-refractivity contribution in [1.82, 2.24) is 19.7 Å². The van der Waals surface area contributed by atoms with Crippen molar-refractivity contribution in [3.8, 4) is 17.0 Å². The number of hydrogen-bond acceptors (Lipinski definition) is 7. The number of halogens is 1. The van der Waals surface area contributed by atoms with Crippen molar-refractivity contribution in [3.05, 3.63) is 60.5 Å². The molecule has 182 valence electrons. The highest BCUT2D eigenvalue weighted by Gasteiger charge is 2.34. The van der Waals surface area contributed by atoms with Crippen LogP contribution in [-0.2, 0) is 21.3 Å². The monoisotopic (exact) mass is 490 g/mol. The summed E-state index contributed by atoms with van der Waals surface area (Å²) in [5.41, 5.74) is 1.41. The van der Waals surface area contributed by atoms with Crippen LogP contribution >= 0.6 is 0 Å². The molecular formula is C23H27FN4O5S. The Bertz CT molecular complexity index is 1200. The van der Waals surface area contributed by atoms with Gasteiger partial charge in [0.2, 0.25) is 10.0 Å². The smallest absolute Gasteiger partial charge is 0.241 e. The molecule has 0 aliphatic carbocycles. The molecule has 0 unspecified atom stereocenters. The third kappa shape index (κ3) is 5.79. The van der Waals surface area contributed by atoms with Crippen molar-refractivity contribution in [1.29, 1.82) is 0 Å². The van der Waals surface area contributed by atoms with Gasteiger partial charge in [-0.2, -0.15) is 0 Å². The quantitative estimate of drug-likeness (QED) is 0.473. The topological polar surface area (TPSA) is 116 Å². The second kappa shape index (κ2) is 10.6. The van der Waals surface area contributed by atoms with E-state index in [1.807, 2.05) is 0 Å². The van der Waals surface area contributed by atoms with Crippen molar-refractivity contribution in [2.24, 2.45) is 0 Å². The van der Waals surface area contributed by atoms with Crippen LogP contribution in [0.4, 0.5) is 4.39 Å². The maximum atomic E-state index is 13.1. The number of aryl methyl sites for hydroxylation is 1. The molecule has 0 amide bonds. The van der Waals surface area contributed by atoms with Crippen molar-refractivity contribution in [2.75, 3.05) is 13.7 Å². The summed E-state index contributed by atoms with van der Waals surface area (Å²) in [6.07, 6.45) is 2.74. The SMILES string of the molecule is COc1cccc(S(=O)(=O)N[C@@H]2CC[C@@H](CCn3cc(-c4ccc(F)cc4)nn3)O[C@H]2CO)c1. The zero-order valence-electron chi connectivity index (χ0n) is 18.7. The molecular weight excluding hydrogens is 463 g/mol. The third-order valence-corrected chi connectivity index (χ3v) is 7.30. The zero-order chi connectivity index (χ0) is 24.1. The number of benzene rings is 2. The van der Waals surface area contributed by atoms with Gasteiger partial charge in [0.15, 0.2) is 0 Å². The fraction of sp³-hybridized carbons (Fsp3) is 0.391. The van der Waals surface area contributed by atoms with Crippen LogP contribution in [-0.4, -0.2) is 60.5 Å². The summed E-state index contributed by atoms with van der Waals surface area (Å²) in [4.78, 5) is 0.0915. The lowest BCUT2D eigenvalue weighted by atomic mass is 9.98. The predicted molar refractivity (Wildman–Crippen MR) is 122 cm³/mol. The van der Waals surface area contributed by atoms with Gasteiger partial charge in [-0.15, -0.1) is 5.10 Å². The van der Waals surface area contributed by atoms with Crippen LogP contribution in [0.3, 0.4) is 0 Å². The number of rotatable bonds is 9. The fourth-order valence-electron chi connectivity index (χ4n) is 3.95. The van der Waals surface area contributed by atoms with Crippen molar-refractivity contribution >= 4 is 10.0 Å². The summed E-state index contributed by atoms with van der Waals surface area (Å²) in [6, 6.07) is 11.7. The van der Waals surface area contributed by atoms with Gasteiger partial charge < -0.3 is 14.6 Å². The molecule has 11 heteroatoms. The van der Waals surface area contributed by atoms with E-state index in [9.17, 15) is 17.9 Å². The van der Waals surface area contributed by atoms with E-state index in [-0.39, 0.29) is 23.4 Å². The maximum absolute atomic E-state index is 13.1. The Morgan fingerprint density at radius 1 is 1.24 bits per heavy atom. The molecule has 1 aliphatic rings. The van der Waals surface area contributed by atoms with Gasteiger partial charge in [0, 0.05) is 18.2 Å². The van der Waals surface area contributed by atoms with Crippen molar-refractivity contribution < 1.29 is 27.4 Å². The van der Waals surface area contributed by atoms with Gasteiger partial charge in [0.25, 0.3) is 0 Å². The van der Waals surface area contributed by atoms with Crippen LogP contribution in [0.5, 0.6) is 5.75 Å². The Kier molecular flexibility index (Phi) is 7.57. The summed E-state index contributed by atoms with van der Waals surface area (Å²) < 4.78 is 54.2. The normalized spacial score (nSPS) is 20.9. The molecule has 0 bridgehead atoms. The second-order valence-corrected chi connectivity index (χ2v) is 9.84. The molecule has 0 spiro atoms. The molecule has 9 nitrogen and oxygen atoms in total. The molecule has 2 aromatic carbocycles. The van der Waals surface area contributed by atoms with E-state index in [0.717, 1.165) is 5.56 Å². The van der Waals surface area contributed by atoms with Crippen LogP contribution in [0, 0.1) is 5.82 Å². The van der Waals surface area contributed by atoms with Crippen LogP contribution < -0.4 is 9.46 Å². The first-order valence-electron chi connectivity index (χ1n) is 11.0. The summed E-state index contributed by atoms with van der Waals surface area (Å²) >= 11 is 0. The summed E-state index contributed by atoms with van der Waals surface area (Å²) in [6.45, 7) is 0.233. The molecule has 34 heavy (non-hydrogen) atoms. The van der Waals surface area contributed by atoms with Gasteiger partial charge in [-0.25, -0.2) is 17.5 Å². The van der Waals surface area contributed by atoms with E-state index in [1.165, 1.54) is 31.4 Å². The number of aliphatic hydroxyl groups excluding tert-OH is 1. The molecule has 1 saturated heterocycles. The van der Waals surface area contributed by atoms with Crippen molar-refractivity contribution in [3.63, 3.8) is 0 Å². The van der Waals surface area contributed by atoms with Crippen LogP contribution in [0.2, 0.25) is 0 Å². The summed E-state index contributed by atoms with van der Waals surface area (Å²) in [5.74, 6) is 0.130. The van der Waals surface area contributed by atoms with Gasteiger partial charge in [0.1, 0.15) is 17.3 Å². The molecule has 1 aliphatic heterocycles. The lowest BCUT2D eigenvalue weighted by Crippen LogP contribution is -2.50. The van der Waals surface area contributed by atoms with Crippen LogP contribution in [0.25, 0.3) is 11.3 Å². The van der Waals surface area contributed by atoms with Crippen LogP contribution in [0.15, 0.2) is 59.6 Å². The molecule has 3 aromatic rings. The Morgan fingerprint density at radius 2 is 2.03 bits per heavy atom. The largest absolute Gasteiger partial charge is 0.497 e. The number of aromatic nitrogens is 3. The van der Waals surface area contributed by atoms with E-state index >= 15 is 0 Å². The zero-order valence-corrected chi connectivity index (χ0v) is 19.5. The Hall–Kier alpha value is -2.86. The molecule has 1 aromatic heterocycles. The molecule has 4 rings (SSSR count). The highest BCUT2D eigenvalue weighted by Crippen LogP contribution is 2.25.